The lowest BCUT2D eigenvalue weighted by Gasteiger charge is -2.15. The molecular weight excluding hydrogens is 222 g/mol. The fraction of sp³-hybridized carbons (Fsp3) is 0.700. The number of nitrogens with zero attached hydrogens (tertiary/aromatic N) is 2. The first-order valence-corrected chi connectivity index (χ1v) is 5.71. The fourth-order valence-electron chi connectivity index (χ4n) is 1.43. The molecule has 0 spiro atoms. The predicted molar refractivity (Wildman–Crippen MR) is 64.8 cm³/mol. The molecule has 3 amide bonds. The third kappa shape index (κ3) is 3.93. The van der Waals surface area contributed by atoms with Crippen LogP contribution >= 0.6 is 0 Å². The predicted octanol–water partition coefficient (Wildman–Crippen LogP) is -0.887. The molecule has 0 aromatic carbocycles. The molecule has 1 saturated heterocycles. The van der Waals surface area contributed by atoms with Crippen molar-refractivity contribution in [2.45, 2.75) is 13.3 Å². The third-order valence-corrected chi connectivity index (χ3v) is 2.33. The van der Waals surface area contributed by atoms with E-state index >= 15 is 0 Å². The van der Waals surface area contributed by atoms with Gasteiger partial charge in [-0.2, -0.15) is 0 Å². The van der Waals surface area contributed by atoms with Gasteiger partial charge in [-0.15, -0.1) is 0 Å². The van der Waals surface area contributed by atoms with Crippen LogP contribution in [0.4, 0.5) is 4.79 Å². The minimum Gasteiger partial charge on any atom is -0.356 e. The molecule has 3 N–H and O–H groups in total. The lowest BCUT2D eigenvalue weighted by molar-refractivity contribution is -0.124. The number of nitrogens with one attached hydrogen (secondary N) is 3. The van der Waals surface area contributed by atoms with Gasteiger partial charge in [0.25, 0.3) is 0 Å². The van der Waals surface area contributed by atoms with Gasteiger partial charge in [0, 0.05) is 26.7 Å². The van der Waals surface area contributed by atoms with Gasteiger partial charge in [0.2, 0.25) is 5.91 Å². The molecule has 7 nitrogen and oxygen atoms in total. The molecule has 1 heterocycles. The quantitative estimate of drug-likeness (QED) is 0.331. The van der Waals surface area contributed by atoms with E-state index in [9.17, 15) is 9.59 Å². The second-order valence-corrected chi connectivity index (χ2v) is 3.63. The maximum atomic E-state index is 11.3. The average molecular weight is 241 g/mol. The normalized spacial score (nSPS) is 16.1. The topological polar surface area (TPSA) is 85.8 Å². The Labute approximate surface area is 101 Å². The number of guanidine groups is 1. The van der Waals surface area contributed by atoms with Crippen molar-refractivity contribution in [3.63, 3.8) is 0 Å². The molecule has 0 bridgehead atoms. The van der Waals surface area contributed by atoms with E-state index in [0.717, 1.165) is 13.0 Å². The van der Waals surface area contributed by atoms with Gasteiger partial charge in [0.15, 0.2) is 5.96 Å². The Morgan fingerprint density at radius 1 is 1.41 bits per heavy atom. The number of carbonyl (C=O) groups is 2. The minimum absolute atomic E-state index is 0.0989. The van der Waals surface area contributed by atoms with Crippen LogP contribution in [-0.4, -0.2) is 56.0 Å². The van der Waals surface area contributed by atoms with Crippen LogP contribution in [0.3, 0.4) is 0 Å². The molecule has 0 saturated carbocycles. The molecule has 1 aliphatic heterocycles. The molecule has 0 aromatic rings. The lowest BCUT2D eigenvalue weighted by atomic mass is 10.5. The van der Waals surface area contributed by atoms with Gasteiger partial charge in [-0.1, -0.05) is 6.92 Å². The fourth-order valence-corrected chi connectivity index (χ4v) is 1.43. The number of carbonyl (C=O) groups excluding carboxylic acids is 2. The molecule has 1 rings (SSSR count). The van der Waals surface area contributed by atoms with Crippen molar-refractivity contribution in [1.82, 2.24) is 20.9 Å². The van der Waals surface area contributed by atoms with Gasteiger partial charge < -0.3 is 16.0 Å². The number of imide groups is 1. The van der Waals surface area contributed by atoms with E-state index in [0.29, 0.717) is 19.0 Å². The van der Waals surface area contributed by atoms with Crippen molar-refractivity contribution < 1.29 is 9.59 Å². The van der Waals surface area contributed by atoms with Gasteiger partial charge >= 0.3 is 6.03 Å². The van der Waals surface area contributed by atoms with Crippen molar-refractivity contribution in [2.24, 2.45) is 4.99 Å². The summed E-state index contributed by atoms with van der Waals surface area (Å²) in [4.78, 5) is 27.7. The Morgan fingerprint density at radius 3 is 2.65 bits per heavy atom. The standard InChI is InChI=1S/C10H19N5O2/c1-3-4-12-9(11-2)13-5-6-15-8(16)7-14-10(15)17/h3-7H2,1-2H3,(H,14,17)(H2,11,12,13). The highest BCUT2D eigenvalue weighted by Crippen LogP contribution is 1.96. The van der Waals surface area contributed by atoms with E-state index < -0.39 is 0 Å². The first-order valence-electron chi connectivity index (χ1n) is 5.71. The maximum absolute atomic E-state index is 11.3. The van der Waals surface area contributed by atoms with Crippen LogP contribution in [0.25, 0.3) is 0 Å². The van der Waals surface area contributed by atoms with Crippen LogP contribution in [0, 0.1) is 0 Å². The van der Waals surface area contributed by atoms with E-state index in [1.165, 1.54) is 4.90 Å². The summed E-state index contributed by atoms with van der Waals surface area (Å²) in [5.74, 6) is 0.493. The smallest absolute Gasteiger partial charge is 0.324 e. The van der Waals surface area contributed by atoms with Gasteiger partial charge in [-0.05, 0) is 6.42 Å². The minimum atomic E-state index is -0.326. The Bertz CT molecular complexity index is 300. The van der Waals surface area contributed by atoms with E-state index in [1.54, 1.807) is 7.05 Å². The summed E-state index contributed by atoms with van der Waals surface area (Å²) in [6.45, 7) is 3.83. The molecule has 0 atom stereocenters. The summed E-state index contributed by atoms with van der Waals surface area (Å²) in [6.07, 6.45) is 1.01. The van der Waals surface area contributed by atoms with Crippen LogP contribution in [-0.2, 0) is 4.79 Å². The molecule has 7 heteroatoms. The molecule has 1 fully saturated rings. The lowest BCUT2D eigenvalue weighted by Crippen LogP contribution is -2.43. The van der Waals surface area contributed by atoms with Gasteiger partial charge in [0.1, 0.15) is 0 Å². The molecule has 0 unspecified atom stereocenters. The summed E-state index contributed by atoms with van der Waals surface area (Å²) in [6, 6.07) is -0.326. The number of urea groups is 1. The summed E-state index contributed by atoms with van der Waals surface area (Å²) < 4.78 is 0. The van der Waals surface area contributed by atoms with E-state index in [2.05, 4.69) is 27.9 Å². The summed E-state index contributed by atoms with van der Waals surface area (Å²) in [5, 5.41) is 8.61. The molecule has 0 radical (unpaired) electrons. The largest absolute Gasteiger partial charge is 0.356 e. The first kappa shape index (κ1) is 13.3. The highest BCUT2D eigenvalue weighted by atomic mass is 16.2. The van der Waals surface area contributed by atoms with Crippen LogP contribution in [0.15, 0.2) is 4.99 Å². The highest BCUT2D eigenvalue weighted by molar-refractivity contribution is 6.01. The van der Waals surface area contributed by atoms with Crippen molar-refractivity contribution in [1.29, 1.82) is 0 Å². The zero-order valence-electron chi connectivity index (χ0n) is 10.2. The van der Waals surface area contributed by atoms with Crippen molar-refractivity contribution >= 4 is 17.9 Å². The Morgan fingerprint density at radius 2 is 2.12 bits per heavy atom. The molecular formula is C10H19N5O2. The monoisotopic (exact) mass is 241 g/mol. The number of amides is 3. The Kier molecular flexibility index (Phi) is 5.25. The van der Waals surface area contributed by atoms with E-state index in [-0.39, 0.29) is 18.5 Å². The molecule has 96 valence electrons. The van der Waals surface area contributed by atoms with Crippen LogP contribution in [0.2, 0.25) is 0 Å². The number of hydrogen-bond acceptors (Lipinski definition) is 3. The molecule has 0 aliphatic carbocycles. The number of hydrogen-bond donors (Lipinski definition) is 3. The maximum Gasteiger partial charge on any atom is 0.324 e. The van der Waals surface area contributed by atoms with Gasteiger partial charge in [-0.25, -0.2) is 4.79 Å². The Hall–Kier alpha value is -1.79. The van der Waals surface area contributed by atoms with Crippen molar-refractivity contribution in [3.05, 3.63) is 0 Å². The van der Waals surface area contributed by atoms with E-state index in [1.807, 2.05) is 0 Å². The van der Waals surface area contributed by atoms with Crippen molar-refractivity contribution in [2.75, 3.05) is 33.2 Å². The average Bonchev–Trinajstić information content (AvgIpc) is 2.64. The van der Waals surface area contributed by atoms with Crippen LogP contribution in [0.1, 0.15) is 13.3 Å². The van der Waals surface area contributed by atoms with Gasteiger partial charge in [-0.3, -0.25) is 14.7 Å². The van der Waals surface area contributed by atoms with Crippen LogP contribution in [0.5, 0.6) is 0 Å². The molecule has 0 aromatic heterocycles. The highest BCUT2D eigenvalue weighted by Gasteiger charge is 2.27. The van der Waals surface area contributed by atoms with Crippen LogP contribution < -0.4 is 16.0 Å². The first-order chi connectivity index (χ1) is 8.19. The SMILES string of the molecule is CCCNC(=NC)NCCN1C(=O)CNC1=O. The summed E-state index contributed by atoms with van der Waals surface area (Å²) in [5.41, 5.74) is 0. The number of rotatable bonds is 5. The van der Waals surface area contributed by atoms with Crippen molar-refractivity contribution in [3.8, 4) is 0 Å². The van der Waals surface area contributed by atoms with Gasteiger partial charge in [0.05, 0.1) is 6.54 Å². The number of aliphatic imine (C=N–C) groups is 1. The third-order valence-electron chi connectivity index (χ3n) is 2.33. The molecule has 17 heavy (non-hydrogen) atoms. The molecule has 1 aliphatic rings. The second kappa shape index (κ2) is 6.72. The summed E-state index contributed by atoms with van der Waals surface area (Å²) in [7, 11) is 1.68. The second-order valence-electron chi connectivity index (χ2n) is 3.63. The summed E-state index contributed by atoms with van der Waals surface area (Å²) >= 11 is 0. The Balaban J connectivity index is 2.26. The van der Waals surface area contributed by atoms with E-state index in [4.69, 9.17) is 0 Å². The zero-order chi connectivity index (χ0) is 12.7. The zero-order valence-corrected chi connectivity index (χ0v) is 10.2.